The van der Waals surface area contributed by atoms with Crippen LogP contribution in [-0.4, -0.2) is 32.3 Å². The van der Waals surface area contributed by atoms with Crippen molar-refractivity contribution >= 4 is 22.8 Å². The van der Waals surface area contributed by atoms with E-state index in [2.05, 4.69) is 51.5 Å². The zero-order valence-electron chi connectivity index (χ0n) is 11.0. The minimum Gasteiger partial charge on any atom is -0.351 e. The van der Waals surface area contributed by atoms with E-state index in [0.29, 0.717) is 5.65 Å². The molecule has 0 radical (unpaired) electrons. The van der Waals surface area contributed by atoms with E-state index < -0.39 is 0 Å². The number of nitrogens with zero attached hydrogens (tertiary/aromatic N) is 6. The van der Waals surface area contributed by atoms with E-state index in [0.717, 1.165) is 5.82 Å². The van der Waals surface area contributed by atoms with Crippen LogP contribution in [0.15, 0.2) is 24.3 Å². The van der Waals surface area contributed by atoms with Gasteiger partial charge in [0.15, 0.2) is 11.5 Å². The summed E-state index contributed by atoms with van der Waals surface area (Å²) >= 11 is 1.81. The van der Waals surface area contributed by atoms with Gasteiger partial charge in [-0.05, 0) is 48.5 Å². The van der Waals surface area contributed by atoms with E-state index in [-0.39, 0.29) is 6.04 Å². The normalized spacial score (nSPS) is 12.8. The molecule has 0 saturated heterocycles. The third-order valence-corrected chi connectivity index (χ3v) is 4.34. The Labute approximate surface area is 114 Å². The summed E-state index contributed by atoms with van der Waals surface area (Å²) in [5, 5.41) is 15.7. The molecule has 0 saturated carbocycles. The number of hydrogen-bond donors (Lipinski definition) is 0. The van der Waals surface area contributed by atoms with Crippen LogP contribution in [0.3, 0.4) is 0 Å². The molecular weight excluding hydrogens is 260 g/mol. The van der Waals surface area contributed by atoms with Crippen molar-refractivity contribution in [3.05, 3.63) is 34.0 Å². The highest BCUT2D eigenvalue weighted by molar-refractivity contribution is 7.12. The third kappa shape index (κ3) is 2.17. The maximum absolute atomic E-state index is 4.40. The fraction of sp³-hybridized carbons (Fsp3) is 0.333. The summed E-state index contributed by atoms with van der Waals surface area (Å²) in [7, 11) is 2.03. The Bertz CT molecular complexity index is 703. The van der Waals surface area contributed by atoms with Crippen LogP contribution in [0.25, 0.3) is 5.65 Å². The molecule has 3 heterocycles. The fourth-order valence-corrected chi connectivity index (χ4v) is 2.87. The molecule has 0 aliphatic heterocycles. The first-order valence-corrected chi connectivity index (χ1v) is 6.81. The fourth-order valence-electron chi connectivity index (χ4n) is 1.90. The summed E-state index contributed by atoms with van der Waals surface area (Å²) in [6.07, 6.45) is 0. The molecule has 19 heavy (non-hydrogen) atoms. The van der Waals surface area contributed by atoms with Gasteiger partial charge in [-0.15, -0.1) is 26.2 Å². The van der Waals surface area contributed by atoms with E-state index in [9.17, 15) is 0 Å². The Kier molecular flexibility index (Phi) is 2.90. The minimum absolute atomic E-state index is 0.264. The van der Waals surface area contributed by atoms with Crippen LogP contribution in [0.5, 0.6) is 0 Å². The predicted molar refractivity (Wildman–Crippen MR) is 74.5 cm³/mol. The third-order valence-electron chi connectivity index (χ3n) is 3.17. The molecule has 3 rings (SSSR count). The second-order valence-corrected chi connectivity index (χ2v) is 5.77. The first-order valence-electron chi connectivity index (χ1n) is 6.00. The van der Waals surface area contributed by atoms with Crippen LogP contribution >= 0.6 is 11.3 Å². The standard InChI is InChI=1S/C12H14N6S/c1-8-4-5-10(19-8)9(2)17(3)12-7-6-11-13-15-16-18(11)14-12/h4-7,9H,1-3H3. The van der Waals surface area contributed by atoms with Gasteiger partial charge in [-0.1, -0.05) is 0 Å². The number of tetrazole rings is 1. The highest BCUT2D eigenvalue weighted by Gasteiger charge is 2.15. The van der Waals surface area contributed by atoms with E-state index >= 15 is 0 Å². The molecule has 0 amide bonds. The summed E-state index contributed by atoms with van der Waals surface area (Å²) in [6, 6.07) is 8.37. The molecular formula is C12H14N6S. The first kappa shape index (κ1) is 12.0. The lowest BCUT2D eigenvalue weighted by Gasteiger charge is -2.24. The predicted octanol–water partition coefficient (Wildman–Crippen LogP) is 2.09. The minimum atomic E-state index is 0.264. The largest absolute Gasteiger partial charge is 0.351 e. The van der Waals surface area contributed by atoms with Crippen LogP contribution in [0.4, 0.5) is 5.82 Å². The second kappa shape index (κ2) is 4.58. The molecule has 0 aliphatic rings. The van der Waals surface area contributed by atoms with Crippen LogP contribution in [-0.2, 0) is 0 Å². The average Bonchev–Trinajstić information content (AvgIpc) is 3.04. The molecule has 0 aliphatic carbocycles. The van der Waals surface area contributed by atoms with E-state index in [1.165, 1.54) is 14.4 Å². The number of anilines is 1. The molecule has 3 aromatic rings. The lowest BCUT2D eigenvalue weighted by molar-refractivity contribution is 0.689. The maximum atomic E-state index is 4.40. The topological polar surface area (TPSA) is 59.2 Å². The molecule has 1 unspecified atom stereocenters. The van der Waals surface area contributed by atoms with Gasteiger partial charge in [0, 0.05) is 16.8 Å². The van der Waals surface area contributed by atoms with Gasteiger partial charge in [0.2, 0.25) is 0 Å². The van der Waals surface area contributed by atoms with Crippen molar-refractivity contribution < 1.29 is 0 Å². The van der Waals surface area contributed by atoms with E-state index in [4.69, 9.17) is 0 Å². The number of thiophene rings is 1. The van der Waals surface area contributed by atoms with Gasteiger partial charge < -0.3 is 4.90 Å². The summed E-state index contributed by atoms with van der Waals surface area (Å²) < 4.78 is 1.44. The van der Waals surface area contributed by atoms with Crippen molar-refractivity contribution in [3.8, 4) is 0 Å². The Balaban J connectivity index is 1.91. The monoisotopic (exact) mass is 274 g/mol. The molecule has 0 fully saturated rings. The quantitative estimate of drug-likeness (QED) is 0.732. The van der Waals surface area contributed by atoms with Crippen LogP contribution < -0.4 is 4.90 Å². The smallest absolute Gasteiger partial charge is 0.200 e. The van der Waals surface area contributed by atoms with Gasteiger partial charge in [-0.25, -0.2) is 0 Å². The zero-order chi connectivity index (χ0) is 13.4. The number of aromatic nitrogens is 5. The Morgan fingerprint density at radius 1 is 1.26 bits per heavy atom. The number of hydrogen-bond acceptors (Lipinski definition) is 6. The van der Waals surface area contributed by atoms with Crippen molar-refractivity contribution in [1.82, 2.24) is 25.3 Å². The maximum Gasteiger partial charge on any atom is 0.200 e. The highest BCUT2D eigenvalue weighted by Crippen LogP contribution is 2.28. The number of rotatable bonds is 3. The van der Waals surface area contributed by atoms with Gasteiger partial charge in [0.1, 0.15) is 0 Å². The van der Waals surface area contributed by atoms with Crippen LogP contribution in [0.1, 0.15) is 22.7 Å². The first-order chi connectivity index (χ1) is 9.15. The lowest BCUT2D eigenvalue weighted by atomic mass is 10.2. The van der Waals surface area contributed by atoms with Crippen molar-refractivity contribution in [2.24, 2.45) is 0 Å². The molecule has 0 N–H and O–H groups in total. The molecule has 0 spiro atoms. The molecule has 0 bridgehead atoms. The van der Waals surface area contributed by atoms with Gasteiger partial charge >= 0.3 is 0 Å². The molecule has 1 atom stereocenters. The Hall–Kier alpha value is -2.02. The van der Waals surface area contributed by atoms with Crippen LogP contribution in [0.2, 0.25) is 0 Å². The average molecular weight is 274 g/mol. The molecule has 98 valence electrons. The molecule has 7 heteroatoms. The Morgan fingerprint density at radius 3 is 2.84 bits per heavy atom. The number of aryl methyl sites for hydroxylation is 1. The molecule has 0 aromatic carbocycles. The summed E-state index contributed by atoms with van der Waals surface area (Å²) in [5.41, 5.74) is 0.650. The van der Waals surface area contributed by atoms with Gasteiger partial charge in [-0.2, -0.15) is 0 Å². The van der Waals surface area contributed by atoms with Crippen molar-refractivity contribution in [2.45, 2.75) is 19.9 Å². The molecule has 3 aromatic heterocycles. The Morgan fingerprint density at radius 2 is 2.11 bits per heavy atom. The summed E-state index contributed by atoms with van der Waals surface area (Å²) in [5.74, 6) is 0.846. The van der Waals surface area contributed by atoms with Crippen molar-refractivity contribution in [1.29, 1.82) is 0 Å². The van der Waals surface area contributed by atoms with Gasteiger partial charge in [0.05, 0.1) is 6.04 Å². The highest BCUT2D eigenvalue weighted by atomic mass is 32.1. The van der Waals surface area contributed by atoms with Crippen LogP contribution in [0, 0.1) is 6.92 Å². The molecule has 6 nitrogen and oxygen atoms in total. The van der Waals surface area contributed by atoms with Gasteiger partial charge in [0.25, 0.3) is 0 Å². The van der Waals surface area contributed by atoms with Crippen molar-refractivity contribution in [2.75, 3.05) is 11.9 Å². The lowest BCUT2D eigenvalue weighted by Crippen LogP contribution is -2.22. The second-order valence-electron chi connectivity index (χ2n) is 4.45. The number of fused-ring (bicyclic) bond motifs is 1. The zero-order valence-corrected chi connectivity index (χ0v) is 11.8. The van der Waals surface area contributed by atoms with E-state index in [1.54, 1.807) is 0 Å². The SMILES string of the molecule is Cc1ccc(C(C)N(C)c2ccc3nnnn3n2)s1. The van der Waals surface area contributed by atoms with Crippen molar-refractivity contribution in [3.63, 3.8) is 0 Å². The summed E-state index contributed by atoms with van der Waals surface area (Å²) in [4.78, 5) is 4.75. The summed E-state index contributed by atoms with van der Waals surface area (Å²) in [6.45, 7) is 4.28. The van der Waals surface area contributed by atoms with E-state index in [1.807, 2.05) is 30.5 Å². The van der Waals surface area contributed by atoms with Gasteiger partial charge in [-0.3, -0.25) is 0 Å².